The second-order valence-corrected chi connectivity index (χ2v) is 3.87. The lowest BCUT2D eigenvalue weighted by Crippen LogP contribution is -2.26. The molecule has 1 atom stereocenters. The first-order valence-electron chi connectivity index (χ1n) is 5.45. The number of aromatic amines is 1. The zero-order valence-corrected chi connectivity index (χ0v) is 9.99. The van der Waals surface area contributed by atoms with Crippen LogP contribution in [0.2, 0.25) is 0 Å². The number of aromatic nitrogens is 4. The third-order valence-corrected chi connectivity index (χ3v) is 2.50. The quantitative estimate of drug-likeness (QED) is 0.690. The number of hydrogen-bond donors (Lipinski definition) is 3. The predicted molar refractivity (Wildman–Crippen MR) is 65.0 cm³/mol. The van der Waals surface area contributed by atoms with Crippen LogP contribution in [0.1, 0.15) is 6.92 Å². The molecule has 0 radical (unpaired) electrons. The molecular weight excluding hydrogens is 250 g/mol. The van der Waals surface area contributed by atoms with Crippen LogP contribution in [0.3, 0.4) is 0 Å². The van der Waals surface area contributed by atoms with E-state index in [1.807, 2.05) is 0 Å². The number of rotatable bonds is 4. The fourth-order valence-electron chi connectivity index (χ4n) is 1.38. The van der Waals surface area contributed by atoms with Gasteiger partial charge < -0.3 is 10.4 Å². The number of carbonyl (C=O) groups is 2. The molecule has 8 nitrogen and oxygen atoms in total. The molecule has 0 spiro atoms. The van der Waals surface area contributed by atoms with Crippen LogP contribution in [0.4, 0.5) is 5.69 Å². The summed E-state index contributed by atoms with van der Waals surface area (Å²) in [6, 6.07) is 6.74. The van der Waals surface area contributed by atoms with E-state index in [0.717, 1.165) is 0 Å². The van der Waals surface area contributed by atoms with Crippen molar-refractivity contribution in [3.8, 4) is 11.4 Å². The number of carboxylic acid groups (broad SMARTS) is 1. The molecule has 3 N–H and O–H groups in total. The van der Waals surface area contributed by atoms with Crippen molar-refractivity contribution in [3.63, 3.8) is 0 Å². The van der Waals surface area contributed by atoms with Crippen molar-refractivity contribution in [2.24, 2.45) is 5.92 Å². The summed E-state index contributed by atoms with van der Waals surface area (Å²) in [5, 5.41) is 24.7. The largest absolute Gasteiger partial charge is 0.481 e. The second-order valence-electron chi connectivity index (χ2n) is 3.87. The van der Waals surface area contributed by atoms with Crippen LogP contribution >= 0.6 is 0 Å². The van der Waals surface area contributed by atoms with Crippen LogP contribution in [0.5, 0.6) is 0 Å². The maximum atomic E-state index is 11.6. The highest BCUT2D eigenvalue weighted by Crippen LogP contribution is 2.18. The summed E-state index contributed by atoms with van der Waals surface area (Å²) in [6.45, 7) is 1.32. The van der Waals surface area contributed by atoms with Gasteiger partial charge in [-0.1, -0.05) is 12.1 Å². The van der Waals surface area contributed by atoms with Gasteiger partial charge in [-0.3, -0.25) is 9.59 Å². The molecule has 2 rings (SSSR count). The fourth-order valence-corrected chi connectivity index (χ4v) is 1.38. The zero-order valence-electron chi connectivity index (χ0n) is 9.99. The summed E-state index contributed by atoms with van der Waals surface area (Å²) in [5.41, 5.74) is 1.13. The van der Waals surface area contributed by atoms with Gasteiger partial charge in [0.2, 0.25) is 11.7 Å². The van der Waals surface area contributed by atoms with Gasteiger partial charge in [-0.15, -0.1) is 10.2 Å². The van der Waals surface area contributed by atoms with Gasteiger partial charge in [0.05, 0.1) is 0 Å². The number of nitrogens with one attached hydrogen (secondary N) is 2. The molecule has 1 aromatic carbocycles. The van der Waals surface area contributed by atoms with Crippen LogP contribution in [0, 0.1) is 5.92 Å². The number of benzene rings is 1. The number of hydrogen-bond acceptors (Lipinski definition) is 5. The van der Waals surface area contributed by atoms with E-state index in [1.54, 1.807) is 24.3 Å². The number of anilines is 1. The fraction of sp³-hybridized carbons (Fsp3) is 0.182. The number of amides is 1. The topological polar surface area (TPSA) is 121 Å². The maximum absolute atomic E-state index is 11.6. The summed E-state index contributed by atoms with van der Waals surface area (Å²) in [4.78, 5) is 22.3. The number of carboxylic acids is 1. The van der Waals surface area contributed by atoms with Crippen LogP contribution in [-0.4, -0.2) is 37.6 Å². The molecule has 1 unspecified atom stereocenters. The van der Waals surface area contributed by atoms with E-state index in [9.17, 15) is 9.59 Å². The van der Waals surface area contributed by atoms with E-state index in [-0.39, 0.29) is 0 Å². The lowest BCUT2D eigenvalue weighted by atomic mass is 10.1. The van der Waals surface area contributed by atoms with Crippen molar-refractivity contribution in [1.29, 1.82) is 0 Å². The molecule has 0 aliphatic carbocycles. The van der Waals surface area contributed by atoms with Gasteiger partial charge in [-0.25, -0.2) is 0 Å². The Bertz CT molecular complexity index is 596. The minimum absolute atomic E-state index is 0.391. The van der Waals surface area contributed by atoms with Crippen LogP contribution in [0.15, 0.2) is 24.3 Å². The summed E-state index contributed by atoms with van der Waals surface area (Å²) < 4.78 is 0. The van der Waals surface area contributed by atoms with Crippen molar-refractivity contribution in [2.45, 2.75) is 6.92 Å². The van der Waals surface area contributed by atoms with Gasteiger partial charge >= 0.3 is 5.97 Å². The number of nitrogens with zero attached hydrogens (tertiary/aromatic N) is 3. The average Bonchev–Trinajstić information content (AvgIpc) is 2.91. The van der Waals surface area contributed by atoms with Gasteiger partial charge in [0.1, 0.15) is 5.92 Å². The van der Waals surface area contributed by atoms with Crippen molar-refractivity contribution >= 4 is 17.6 Å². The Morgan fingerprint density at radius 1 is 1.42 bits per heavy atom. The summed E-state index contributed by atoms with van der Waals surface area (Å²) in [5.74, 6) is -2.49. The standard InChI is InChI=1S/C11H11N5O3/c1-6(11(18)19)10(17)12-8-4-2-3-7(5-8)9-13-15-16-14-9/h2-6H,1H3,(H,12,17)(H,18,19)(H,13,14,15,16). The molecule has 0 saturated heterocycles. The van der Waals surface area contributed by atoms with Gasteiger partial charge in [-0.2, -0.15) is 5.21 Å². The Balaban J connectivity index is 2.16. The lowest BCUT2D eigenvalue weighted by molar-refractivity contribution is -0.144. The Hall–Kier alpha value is -2.77. The smallest absolute Gasteiger partial charge is 0.315 e. The van der Waals surface area contributed by atoms with E-state index < -0.39 is 17.8 Å². The summed E-state index contributed by atoms with van der Waals surface area (Å²) in [7, 11) is 0. The Labute approximate surface area is 107 Å². The highest BCUT2D eigenvalue weighted by atomic mass is 16.4. The lowest BCUT2D eigenvalue weighted by Gasteiger charge is -2.08. The minimum Gasteiger partial charge on any atom is -0.481 e. The molecule has 1 aromatic heterocycles. The van der Waals surface area contributed by atoms with Crippen LogP contribution in [-0.2, 0) is 9.59 Å². The zero-order chi connectivity index (χ0) is 13.8. The molecule has 0 aliphatic heterocycles. The second kappa shape index (κ2) is 5.25. The molecule has 98 valence electrons. The van der Waals surface area contributed by atoms with E-state index in [0.29, 0.717) is 17.1 Å². The Kier molecular flexibility index (Phi) is 3.51. The van der Waals surface area contributed by atoms with E-state index in [2.05, 4.69) is 25.9 Å². The Morgan fingerprint density at radius 2 is 2.21 bits per heavy atom. The highest BCUT2D eigenvalue weighted by Gasteiger charge is 2.20. The number of aliphatic carboxylic acids is 1. The van der Waals surface area contributed by atoms with Crippen molar-refractivity contribution in [1.82, 2.24) is 20.6 Å². The third kappa shape index (κ3) is 2.92. The third-order valence-electron chi connectivity index (χ3n) is 2.50. The van der Waals surface area contributed by atoms with Gasteiger partial charge in [0.25, 0.3) is 0 Å². The SMILES string of the molecule is CC(C(=O)O)C(=O)Nc1cccc(-c2nn[nH]n2)c1. The number of H-pyrrole nitrogens is 1. The molecule has 0 fully saturated rings. The van der Waals surface area contributed by atoms with Crippen molar-refractivity contribution < 1.29 is 14.7 Å². The average molecular weight is 261 g/mol. The molecule has 2 aromatic rings. The van der Waals surface area contributed by atoms with Gasteiger partial charge in [-0.05, 0) is 24.3 Å². The van der Waals surface area contributed by atoms with E-state index in [1.165, 1.54) is 6.92 Å². The van der Waals surface area contributed by atoms with Crippen molar-refractivity contribution in [2.75, 3.05) is 5.32 Å². The highest BCUT2D eigenvalue weighted by molar-refractivity contribution is 6.04. The minimum atomic E-state index is -1.17. The normalized spacial score (nSPS) is 11.8. The monoisotopic (exact) mass is 261 g/mol. The molecule has 0 saturated carbocycles. The first-order valence-corrected chi connectivity index (χ1v) is 5.45. The molecule has 19 heavy (non-hydrogen) atoms. The Morgan fingerprint density at radius 3 is 2.84 bits per heavy atom. The molecule has 1 heterocycles. The van der Waals surface area contributed by atoms with E-state index >= 15 is 0 Å². The molecule has 8 heteroatoms. The van der Waals surface area contributed by atoms with Crippen LogP contribution < -0.4 is 5.32 Å². The molecule has 0 aliphatic rings. The molecule has 1 amide bonds. The maximum Gasteiger partial charge on any atom is 0.315 e. The predicted octanol–water partition coefficient (Wildman–Crippen LogP) is 0.526. The first-order chi connectivity index (χ1) is 9.08. The summed E-state index contributed by atoms with van der Waals surface area (Å²) in [6.07, 6.45) is 0. The first kappa shape index (κ1) is 12.7. The number of carbonyl (C=O) groups excluding carboxylic acids is 1. The number of tetrazole rings is 1. The van der Waals surface area contributed by atoms with Crippen molar-refractivity contribution in [3.05, 3.63) is 24.3 Å². The molecule has 0 bridgehead atoms. The van der Waals surface area contributed by atoms with Gasteiger partial charge in [0, 0.05) is 11.3 Å². The van der Waals surface area contributed by atoms with Crippen LogP contribution in [0.25, 0.3) is 11.4 Å². The molecular formula is C11H11N5O3. The van der Waals surface area contributed by atoms with Gasteiger partial charge in [0.15, 0.2) is 0 Å². The van der Waals surface area contributed by atoms with E-state index in [4.69, 9.17) is 5.11 Å². The summed E-state index contributed by atoms with van der Waals surface area (Å²) >= 11 is 0.